The van der Waals surface area contributed by atoms with Gasteiger partial charge in [-0.25, -0.2) is 9.97 Å². The molecule has 0 aromatic carbocycles. The second-order valence-corrected chi connectivity index (χ2v) is 5.56. The van der Waals surface area contributed by atoms with Gasteiger partial charge in [0.1, 0.15) is 5.52 Å². The SMILES string of the molecule is Cc1ccc2nc(N)n(C3CCCC(C)C3)c2n1. The van der Waals surface area contributed by atoms with E-state index in [4.69, 9.17) is 5.73 Å². The molecule has 4 nitrogen and oxygen atoms in total. The Balaban J connectivity index is 2.09. The van der Waals surface area contributed by atoms with E-state index in [-0.39, 0.29) is 0 Å². The average Bonchev–Trinajstić information content (AvgIpc) is 2.64. The first-order valence-electron chi connectivity index (χ1n) is 6.76. The molecule has 0 aliphatic heterocycles. The minimum Gasteiger partial charge on any atom is -0.369 e. The van der Waals surface area contributed by atoms with Crippen LogP contribution in [0.25, 0.3) is 11.2 Å². The number of hydrogen-bond acceptors (Lipinski definition) is 3. The van der Waals surface area contributed by atoms with Crippen LogP contribution in [0, 0.1) is 12.8 Å². The number of nitrogens with two attached hydrogens (primary N) is 1. The molecule has 2 unspecified atom stereocenters. The first-order valence-corrected chi connectivity index (χ1v) is 6.76. The summed E-state index contributed by atoms with van der Waals surface area (Å²) >= 11 is 0. The summed E-state index contributed by atoms with van der Waals surface area (Å²) in [6, 6.07) is 4.47. The number of aromatic nitrogens is 3. The van der Waals surface area contributed by atoms with E-state index >= 15 is 0 Å². The Kier molecular flexibility index (Phi) is 2.73. The summed E-state index contributed by atoms with van der Waals surface area (Å²) in [5, 5.41) is 0. The summed E-state index contributed by atoms with van der Waals surface area (Å²) in [6.45, 7) is 4.33. The quantitative estimate of drug-likeness (QED) is 0.838. The van der Waals surface area contributed by atoms with Crippen molar-refractivity contribution in [1.29, 1.82) is 0 Å². The number of anilines is 1. The van der Waals surface area contributed by atoms with Crippen molar-refractivity contribution in [2.45, 2.75) is 45.6 Å². The molecular weight excluding hydrogens is 224 g/mol. The maximum atomic E-state index is 6.09. The van der Waals surface area contributed by atoms with Crippen LogP contribution in [-0.2, 0) is 0 Å². The second-order valence-electron chi connectivity index (χ2n) is 5.56. The highest BCUT2D eigenvalue weighted by atomic mass is 15.2. The Labute approximate surface area is 107 Å². The Morgan fingerprint density at radius 3 is 2.89 bits per heavy atom. The van der Waals surface area contributed by atoms with Gasteiger partial charge in [-0.1, -0.05) is 19.8 Å². The molecule has 0 bridgehead atoms. The zero-order valence-corrected chi connectivity index (χ0v) is 11.1. The lowest BCUT2D eigenvalue weighted by Gasteiger charge is -2.28. The van der Waals surface area contributed by atoms with Crippen molar-refractivity contribution in [1.82, 2.24) is 14.5 Å². The standard InChI is InChI=1S/C14H20N4/c1-9-4-3-5-11(8-9)18-13-12(17-14(18)15)7-6-10(2)16-13/h6-7,9,11H,3-5,8H2,1-2H3,(H2,15,17). The molecule has 2 aromatic heterocycles. The van der Waals surface area contributed by atoms with Crippen LogP contribution in [0.15, 0.2) is 12.1 Å². The van der Waals surface area contributed by atoms with Gasteiger partial charge < -0.3 is 5.73 Å². The van der Waals surface area contributed by atoms with Crippen LogP contribution in [0.3, 0.4) is 0 Å². The summed E-state index contributed by atoms with van der Waals surface area (Å²) in [7, 11) is 0. The lowest BCUT2D eigenvalue weighted by atomic mass is 9.87. The zero-order chi connectivity index (χ0) is 12.7. The maximum Gasteiger partial charge on any atom is 0.202 e. The van der Waals surface area contributed by atoms with Crippen molar-refractivity contribution in [3.63, 3.8) is 0 Å². The monoisotopic (exact) mass is 244 g/mol. The molecule has 0 saturated heterocycles. The third kappa shape index (κ3) is 1.85. The first kappa shape index (κ1) is 11.5. The molecule has 0 spiro atoms. The van der Waals surface area contributed by atoms with Crippen molar-refractivity contribution in [3.8, 4) is 0 Å². The van der Waals surface area contributed by atoms with Gasteiger partial charge in [0.15, 0.2) is 5.65 Å². The summed E-state index contributed by atoms with van der Waals surface area (Å²) < 4.78 is 2.15. The van der Waals surface area contributed by atoms with E-state index in [1.807, 2.05) is 19.1 Å². The topological polar surface area (TPSA) is 56.7 Å². The van der Waals surface area contributed by atoms with Crippen LogP contribution < -0.4 is 5.73 Å². The van der Waals surface area contributed by atoms with E-state index in [1.165, 1.54) is 25.7 Å². The van der Waals surface area contributed by atoms with Crippen molar-refractivity contribution < 1.29 is 0 Å². The van der Waals surface area contributed by atoms with E-state index in [0.717, 1.165) is 22.8 Å². The average molecular weight is 244 g/mol. The van der Waals surface area contributed by atoms with E-state index in [0.29, 0.717) is 12.0 Å². The molecule has 0 amide bonds. The fourth-order valence-electron chi connectivity index (χ4n) is 3.08. The molecule has 1 saturated carbocycles. The summed E-state index contributed by atoms with van der Waals surface area (Å²) in [6.07, 6.45) is 4.98. The van der Waals surface area contributed by atoms with Gasteiger partial charge in [-0.3, -0.25) is 4.57 Å². The smallest absolute Gasteiger partial charge is 0.202 e. The Hall–Kier alpha value is -1.58. The number of hydrogen-bond donors (Lipinski definition) is 1. The third-order valence-corrected chi connectivity index (χ3v) is 3.98. The van der Waals surface area contributed by atoms with Crippen LogP contribution in [0.4, 0.5) is 5.95 Å². The molecular formula is C14H20N4. The number of rotatable bonds is 1. The molecule has 96 valence electrons. The van der Waals surface area contributed by atoms with Crippen LogP contribution in [0.5, 0.6) is 0 Å². The van der Waals surface area contributed by atoms with Crippen LogP contribution in [0.2, 0.25) is 0 Å². The molecule has 4 heteroatoms. The number of pyridine rings is 1. The van der Waals surface area contributed by atoms with E-state index < -0.39 is 0 Å². The summed E-state index contributed by atoms with van der Waals surface area (Å²) in [5.41, 5.74) is 8.98. The fourth-order valence-corrected chi connectivity index (χ4v) is 3.08. The number of nitrogen functional groups attached to an aromatic ring is 1. The number of nitrogens with zero attached hydrogens (tertiary/aromatic N) is 3. The molecule has 2 heterocycles. The number of imidazole rings is 1. The minimum absolute atomic E-state index is 0.466. The van der Waals surface area contributed by atoms with E-state index in [1.54, 1.807) is 0 Å². The molecule has 2 N–H and O–H groups in total. The van der Waals surface area contributed by atoms with Gasteiger partial charge in [0.25, 0.3) is 0 Å². The molecule has 1 aliphatic rings. The molecule has 2 atom stereocenters. The summed E-state index contributed by atoms with van der Waals surface area (Å²) in [4.78, 5) is 9.05. The fraction of sp³-hybridized carbons (Fsp3) is 0.571. The van der Waals surface area contributed by atoms with Crippen molar-refractivity contribution >= 4 is 17.1 Å². The van der Waals surface area contributed by atoms with Gasteiger partial charge in [0.2, 0.25) is 5.95 Å². The lowest BCUT2D eigenvalue weighted by molar-refractivity contribution is 0.288. The van der Waals surface area contributed by atoms with E-state index in [2.05, 4.69) is 21.5 Å². The molecule has 0 radical (unpaired) electrons. The normalized spacial score (nSPS) is 24.6. The van der Waals surface area contributed by atoms with Gasteiger partial charge in [-0.05, 0) is 37.8 Å². The largest absolute Gasteiger partial charge is 0.369 e. The molecule has 2 aromatic rings. The third-order valence-electron chi connectivity index (χ3n) is 3.98. The highest BCUT2D eigenvalue weighted by Gasteiger charge is 2.24. The lowest BCUT2D eigenvalue weighted by Crippen LogP contribution is -2.19. The van der Waals surface area contributed by atoms with Crippen molar-refractivity contribution in [2.24, 2.45) is 5.92 Å². The Morgan fingerprint density at radius 2 is 2.11 bits per heavy atom. The van der Waals surface area contributed by atoms with Gasteiger partial charge in [-0.15, -0.1) is 0 Å². The molecule has 1 aliphatic carbocycles. The highest BCUT2D eigenvalue weighted by molar-refractivity contribution is 5.74. The molecule has 1 fully saturated rings. The van der Waals surface area contributed by atoms with E-state index in [9.17, 15) is 0 Å². The number of aryl methyl sites for hydroxylation is 1. The minimum atomic E-state index is 0.466. The predicted molar refractivity (Wildman–Crippen MR) is 73.3 cm³/mol. The second kappa shape index (κ2) is 4.26. The van der Waals surface area contributed by atoms with Gasteiger partial charge in [0, 0.05) is 11.7 Å². The Morgan fingerprint density at radius 1 is 1.28 bits per heavy atom. The summed E-state index contributed by atoms with van der Waals surface area (Å²) in [5.74, 6) is 1.38. The first-order chi connectivity index (χ1) is 8.65. The molecule has 18 heavy (non-hydrogen) atoms. The molecule has 3 rings (SSSR count). The van der Waals surface area contributed by atoms with Gasteiger partial charge in [-0.2, -0.15) is 0 Å². The number of fused-ring (bicyclic) bond motifs is 1. The van der Waals surface area contributed by atoms with Crippen molar-refractivity contribution in [2.75, 3.05) is 5.73 Å². The Bertz CT molecular complexity index is 572. The van der Waals surface area contributed by atoms with Crippen LogP contribution in [-0.4, -0.2) is 14.5 Å². The maximum absolute atomic E-state index is 6.09. The van der Waals surface area contributed by atoms with Crippen LogP contribution in [0.1, 0.15) is 44.3 Å². The van der Waals surface area contributed by atoms with Gasteiger partial charge in [0.05, 0.1) is 0 Å². The highest BCUT2D eigenvalue weighted by Crippen LogP contribution is 2.35. The van der Waals surface area contributed by atoms with Gasteiger partial charge >= 0.3 is 0 Å². The zero-order valence-electron chi connectivity index (χ0n) is 11.1. The van der Waals surface area contributed by atoms with Crippen LogP contribution >= 0.6 is 0 Å². The van der Waals surface area contributed by atoms with Crippen molar-refractivity contribution in [3.05, 3.63) is 17.8 Å². The predicted octanol–water partition coefficient (Wildman–Crippen LogP) is 3.07.